The van der Waals surface area contributed by atoms with Gasteiger partial charge in [0.2, 0.25) is 11.8 Å². The Kier molecular flexibility index (Phi) is 6.75. The zero-order valence-corrected chi connectivity index (χ0v) is 17.7. The van der Waals surface area contributed by atoms with Crippen LogP contribution in [0.5, 0.6) is 0 Å². The quantitative estimate of drug-likeness (QED) is 0.477. The average molecular weight is 453 g/mol. The predicted octanol–water partition coefficient (Wildman–Crippen LogP) is 1.97. The highest BCUT2D eigenvalue weighted by Crippen LogP contribution is 2.40. The summed E-state index contributed by atoms with van der Waals surface area (Å²) in [5, 5.41) is 9.14. The van der Waals surface area contributed by atoms with Crippen LogP contribution in [0.1, 0.15) is 58.6 Å². The third kappa shape index (κ3) is 5.20. The summed E-state index contributed by atoms with van der Waals surface area (Å²) in [6.07, 6.45) is -2.80. The Morgan fingerprint density at radius 1 is 1.22 bits per heavy atom. The van der Waals surface area contributed by atoms with Gasteiger partial charge in [-0.25, -0.2) is 0 Å². The monoisotopic (exact) mass is 453 g/mol. The number of likely N-dealkylation sites (tertiary alicyclic amines) is 2. The number of alkyl halides is 3. The number of nitrogens with two attached hydrogens (primary N) is 1. The molecule has 0 unspecified atom stereocenters. The number of benzene rings is 1. The molecule has 2 aliphatic heterocycles. The van der Waals surface area contributed by atoms with E-state index in [1.165, 1.54) is 17.9 Å². The van der Waals surface area contributed by atoms with Crippen LogP contribution < -0.4 is 11.1 Å². The van der Waals surface area contributed by atoms with Crippen molar-refractivity contribution in [1.82, 2.24) is 15.1 Å². The number of piperidine rings is 1. The second-order valence-corrected chi connectivity index (χ2v) is 8.19. The van der Waals surface area contributed by atoms with Crippen LogP contribution in [-0.2, 0) is 15.8 Å². The summed E-state index contributed by atoms with van der Waals surface area (Å²) < 4.78 is 41.4. The summed E-state index contributed by atoms with van der Waals surface area (Å²) in [6, 6.07) is 2.17. The van der Waals surface area contributed by atoms with E-state index in [0.717, 1.165) is 12.5 Å². The van der Waals surface area contributed by atoms with E-state index < -0.39 is 29.5 Å². The van der Waals surface area contributed by atoms with Crippen molar-refractivity contribution in [2.75, 3.05) is 26.2 Å². The zero-order valence-electron chi connectivity index (χ0n) is 17.7. The van der Waals surface area contributed by atoms with Crippen molar-refractivity contribution in [3.63, 3.8) is 0 Å². The molecule has 2 heterocycles. The lowest BCUT2D eigenvalue weighted by atomic mass is 9.84. The molecule has 3 amide bonds. The lowest BCUT2D eigenvalue weighted by Crippen LogP contribution is -2.44. The van der Waals surface area contributed by atoms with Crippen LogP contribution in [0, 0.1) is 12.3 Å². The Balaban J connectivity index is 1.75. The first-order valence-corrected chi connectivity index (χ1v) is 10.4. The molecule has 0 atom stereocenters. The van der Waals surface area contributed by atoms with Crippen LogP contribution in [-0.4, -0.2) is 59.7 Å². The molecule has 0 aromatic heterocycles. The molecule has 32 heavy (non-hydrogen) atoms. The minimum atomic E-state index is -4.67. The van der Waals surface area contributed by atoms with Gasteiger partial charge in [-0.2, -0.15) is 13.2 Å². The maximum absolute atomic E-state index is 13.8. The van der Waals surface area contributed by atoms with Gasteiger partial charge in [0.25, 0.3) is 5.91 Å². The van der Waals surface area contributed by atoms with Gasteiger partial charge < -0.3 is 15.5 Å². The van der Waals surface area contributed by atoms with E-state index in [2.05, 4.69) is 0 Å². The lowest BCUT2D eigenvalue weighted by Gasteiger charge is -2.34. The van der Waals surface area contributed by atoms with Crippen molar-refractivity contribution < 1.29 is 27.6 Å². The molecule has 0 bridgehead atoms. The Bertz CT molecular complexity index is 939. The van der Waals surface area contributed by atoms with Crippen LogP contribution in [0.2, 0.25) is 0 Å². The first-order valence-electron chi connectivity index (χ1n) is 10.4. The summed E-state index contributed by atoms with van der Waals surface area (Å²) in [4.78, 5) is 39.5. The normalized spacial score (nSPS) is 17.6. The van der Waals surface area contributed by atoms with Gasteiger partial charge in [-0.05, 0) is 49.3 Å². The van der Waals surface area contributed by atoms with E-state index >= 15 is 0 Å². The van der Waals surface area contributed by atoms with E-state index in [-0.39, 0.29) is 29.5 Å². The molecule has 4 N–H and O–H groups in total. The molecule has 174 valence electrons. The summed E-state index contributed by atoms with van der Waals surface area (Å²) in [5.41, 5.74) is 4.47. The van der Waals surface area contributed by atoms with Crippen LogP contribution in [0.3, 0.4) is 0 Å². The highest BCUT2D eigenvalue weighted by molar-refractivity contribution is 6.05. The van der Waals surface area contributed by atoms with Crippen molar-refractivity contribution in [2.45, 2.75) is 44.7 Å². The number of amides is 3. The number of hydrogen-bond donors (Lipinski definition) is 3. The number of rotatable bonds is 4. The highest BCUT2D eigenvalue weighted by Gasteiger charge is 2.38. The summed E-state index contributed by atoms with van der Waals surface area (Å²) >= 11 is 0. The van der Waals surface area contributed by atoms with E-state index in [9.17, 15) is 27.6 Å². The number of nitrogens with zero attached hydrogens (tertiary/aromatic N) is 2. The van der Waals surface area contributed by atoms with E-state index in [4.69, 9.17) is 11.1 Å². The van der Waals surface area contributed by atoms with Crippen molar-refractivity contribution in [1.29, 1.82) is 5.41 Å². The molecule has 8 nitrogen and oxygen atoms in total. The van der Waals surface area contributed by atoms with Gasteiger partial charge in [-0.1, -0.05) is 6.07 Å². The van der Waals surface area contributed by atoms with Gasteiger partial charge in [0, 0.05) is 31.6 Å². The highest BCUT2D eigenvalue weighted by atomic mass is 19.4. The smallest absolute Gasteiger partial charge is 0.370 e. The fourth-order valence-corrected chi connectivity index (χ4v) is 4.32. The molecule has 1 aromatic carbocycles. The summed E-state index contributed by atoms with van der Waals surface area (Å²) in [7, 11) is 0. The number of nitrogens with one attached hydrogen (secondary N) is 2. The molecule has 0 saturated carbocycles. The SMILES string of the molecule is Cc1cc(C2CCN(C(=O)CN3CCCC3=O)CC2)c(C(F)(F)F)cc1C(=O)NC(=N)N. The molecule has 0 radical (unpaired) electrons. The molecule has 11 heteroatoms. The molecule has 2 saturated heterocycles. The number of carbonyl (C=O) groups excluding carboxylic acids is 3. The van der Waals surface area contributed by atoms with E-state index in [1.54, 1.807) is 4.90 Å². The molecular formula is C21H26F3N5O3. The number of aryl methyl sites for hydroxylation is 1. The van der Waals surface area contributed by atoms with Gasteiger partial charge in [0.05, 0.1) is 12.1 Å². The van der Waals surface area contributed by atoms with Crippen molar-refractivity contribution >= 4 is 23.7 Å². The third-order valence-electron chi connectivity index (χ3n) is 5.98. The third-order valence-corrected chi connectivity index (χ3v) is 5.98. The van der Waals surface area contributed by atoms with E-state index in [0.29, 0.717) is 44.5 Å². The number of guanidine groups is 1. The summed E-state index contributed by atoms with van der Waals surface area (Å²) in [6.45, 7) is 2.70. The predicted molar refractivity (Wildman–Crippen MR) is 110 cm³/mol. The Morgan fingerprint density at radius 3 is 2.41 bits per heavy atom. The van der Waals surface area contributed by atoms with Crippen LogP contribution in [0.25, 0.3) is 0 Å². The van der Waals surface area contributed by atoms with Gasteiger partial charge in [-0.3, -0.25) is 25.1 Å². The number of hydrogen-bond acceptors (Lipinski definition) is 4. The molecule has 1 aromatic rings. The van der Waals surface area contributed by atoms with Gasteiger partial charge in [-0.15, -0.1) is 0 Å². The first kappa shape index (κ1) is 23.6. The topological polar surface area (TPSA) is 120 Å². The molecular weight excluding hydrogens is 427 g/mol. The number of carbonyl (C=O) groups is 3. The fourth-order valence-electron chi connectivity index (χ4n) is 4.32. The zero-order chi connectivity index (χ0) is 23.6. The van der Waals surface area contributed by atoms with Crippen molar-refractivity contribution in [3.8, 4) is 0 Å². The first-order chi connectivity index (χ1) is 15.0. The second-order valence-electron chi connectivity index (χ2n) is 8.19. The van der Waals surface area contributed by atoms with Gasteiger partial charge in [0.1, 0.15) is 0 Å². The lowest BCUT2D eigenvalue weighted by molar-refractivity contribution is -0.140. The van der Waals surface area contributed by atoms with Crippen LogP contribution in [0.15, 0.2) is 12.1 Å². The Morgan fingerprint density at radius 2 is 1.88 bits per heavy atom. The summed E-state index contributed by atoms with van der Waals surface area (Å²) in [5.74, 6) is -2.19. The maximum Gasteiger partial charge on any atom is 0.416 e. The second kappa shape index (κ2) is 9.17. The Hall–Kier alpha value is -3.11. The molecule has 0 spiro atoms. The number of halogens is 3. The van der Waals surface area contributed by atoms with Crippen LogP contribution >= 0.6 is 0 Å². The van der Waals surface area contributed by atoms with Crippen molar-refractivity contribution in [2.24, 2.45) is 5.73 Å². The molecule has 2 fully saturated rings. The Labute approximate surface area is 183 Å². The molecule has 2 aliphatic rings. The van der Waals surface area contributed by atoms with Crippen molar-refractivity contribution in [3.05, 3.63) is 34.4 Å². The molecule has 3 rings (SSSR count). The van der Waals surface area contributed by atoms with Gasteiger partial charge in [0.15, 0.2) is 5.96 Å². The van der Waals surface area contributed by atoms with E-state index in [1.807, 2.05) is 5.32 Å². The minimum absolute atomic E-state index is 0.0103. The van der Waals surface area contributed by atoms with Crippen LogP contribution in [0.4, 0.5) is 13.2 Å². The fraction of sp³-hybridized carbons (Fsp3) is 0.524. The minimum Gasteiger partial charge on any atom is -0.370 e. The average Bonchev–Trinajstić information content (AvgIpc) is 3.10. The molecule has 0 aliphatic carbocycles. The maximum atomic E-state index is 13.8. The van der Waals surface area contributed by atoms with Gasteiger partial charge >= 0.3 is 6.18 Å². The largest absolute Gasteiger partial charge is 0.416 e. The standard InChI is InChI=1S/C21H26F3N5O3/c1-12-9-15(16(21(22,23)24)10-14(12)19(32)27-20(25)26)13-4-7-28(8-5-13)18(31)11-29-6-2-3-17(29)30/h9-10,13H,2-8,11H2,1H3,(H4,25,26,27,32).